The van der Waals surface area contributed by atoms with Crippen LogP contribution < -0.4 is 5.73 Å². The Balaban J connectivity index is 2.08. The van der Waals surface area contributed by atoms with E-state index in [1.165, 1.54) is 18.7 Å². The predicted molar refractivity (Wildman–Crippen MR) is 55.1 cm³/mol. The van der Waals surface area contributed by atoms with Gasteiger partial charge in [-0.2, -0.15) is 0 Å². The molecule has 1 amide bonds. The Morgan fingerprint density at radius 2 is 2.20 bits per heavy atom. The average Bonchev–Trinajstić information content (AvgIpc) is 2.29. The standard InChI is InChI=1S/C10H14N4O/c11-9-2-1-3-14(6-9)10(15)8-4-12-7-13-5-8/h4-5,7,9H,1-3,6,11H2. The van der Waals surface area contributed by atoms with E-state index in [1.807, 2.05) is 0 Å². The molecule has 1 aliphatic heterocycles. The monoisotopic (exact) mass is 206 g/mol. The van der Waals surface area contributed by atoms with Gasteiger partial charge in [-0.1, -0.05) is 0 Å². The van der Waals surface area contributed by atoms with Crippen LogP contribution in [0.25, 0.3) is 0 Å². The molecule has 1 aromatic heterocycles. The van der Waals surface area contributed by atoms with E-state index in [-0.39, 0.29) is 11.9 Å². The molecule has 0 spiro atoms. The van der Waals surface area contributed by atoms with Crippen LogP contribution in [0.15, 0.2) is 18.7 Å². The predicted octanol–water partition coefficient (Wildman–Crippen LogP) is 0.0399. The van der Waals surface area contributed by atoms with E-state index in [2.05, 4.69) is 9.97 Å². The highest BCUT2D eigenvalue weighted by Crippen LogP contribution is 2.11. The molecule has 1 aliphatic rings. The highest BCUT2D eigenvalue weighted by atomic mass is 16.2. The summed E-state index contributed by atoms with van der Waals surface area (Å²) in [5.41, 5.74) is 6.35. The number of piperidine rings is 1. The summed E-state index contributed by atoms with van der Waals surface area (Å²) in [6.07, 6.45) is 6.46. The van der Waals surface area contributed by atoms with Gasteiger partial charge in [0.25, 0.3) is 5.91 Å². The van der Waals surface area contributed by atoms with Gasteiger partial charge in [0, 0.05) is 31.5 Å². The minimum absolute atomic E-state index is 0.0225. The lowest BCUT2D eigenvalue weighted by Gasteiger charge is -2.30. The number of carbonyl (C=O) groups excluding carboxylic acids is 1. The Labute approximate surface area is 88.3 Å². The molecule has 1 atom stereocenters. The molecule has 0 bridgehead atoms. The molecule has 2 N–H and O–H groups in total. The van der Waals surface area contributed by atoms with Gasteiger partial charge in [-0.05, 0) is 12.8 Å². The molecular weight excluding hydrogens is 192 g/mol. The summed E-state index contributed by atoms with van der Waals surface area (Å²) in [6, 6.07) is 0.104. The Kier molecular flexibility index (Phi) is 2.91. The van der Waals surface area contributed by atoms with Crippen LogP contribution in [-0.2, 0) is 0 Å². The molecule has 2 rings (SSSR count). The summed E-state index contributed by atoms with van der Waals surface area (Å²) in [4.78, 5) is 21.4. The normalized spacial score (nSPS) is 21.4. The summed E-state index contributed by atoms with van der Waals surface area (Å²) in [7, 11) is 0. The average molecular weight is 206 g/mol. The number of hydrogen-bond donors (Lipinski definition) is 1. The number of likely N-dealkylation sites (tertiary alicyclic amines) is 1. The van der Waals surface area contributed by atoms with Gasteiger partial charge in [-0.3, -0.25) is 4.79 Å². The maximum atomic E-state index is 11.9. The first-order valence-corrected chi connectivity index (χ1v) is 5.07. The van der Waals surface area contributed by atoms with Crippen LogP contribution in [0.2, 0.25) is 0 Å². The van der Waals surface area contributed by atoms with Crippen LogP contribution in [0.1, 0.15) is 23.2 Å². The molecule has 1 unspecified atom stereocenters. The van der Waals surface area contributed by atoms with Gasteiger partial charge in [0.2, 0.25) is 0 Å². The fraction of sp³-hybridized carbons (Fsp3) is 0.500. The van der Waals surface area contributed by atoms with Gasteiger partial charge in [0.15, 0.2) is 0 Å². The molecule has 0 saturated carbocycles. The number of aromatic nitrogens is 2. The first-order valence-electron chi connectivity index (χ1n) is 5.07. The Morgan fingerprint density at radius 1 is 1.47 bits per heavy atom. The van der Waals surface area contributed by atoms with Crippen molar-refractivity contribution in [2.24, 2.45) is 5.73 Å². The fourth-order valence-electron chi connectivity index (χ4n) is 1.79. The molecule has 0 radical (unpaired) electrons. The Morgan fingerprint density at radius 3 is 2.87 bits per heavy atom. The fourth-order valence-corrected chi connectivity index (χ4v) is 1.79. The molecule has 5 nitrogen and oxygen atoms in total. The molecule has 0 aromatic carbocycles. The SMILES string of the molecule is NC1CCCN(C(=O)c2cncnc2)C1. The first kappa shape index (κ1) is 10.0. The van der Waals surface area contributed by atoms with E-state index in [1.54, 1.807) is 4.90 Å². The molecule has 1 saturated heterocycles. The van der Waals surface area contributed by atoms with Crippen LogP contribution in [0, 0.1) is 0 Å². The van der Waals surface area contributed by atoms with Crippen molar-refractivity contribution >= 4 is 5.91 Å². The minimum Gasteiger partial charge on any atom is -0.337 e. The maximum absolute atomic E-state index is 11.9. The van der Waals surface area contributed by atoms with Crippen molar-refractivity contribution in [2.75, 3.05) is 13.1 Å². The van der Waals surface area contributed by atoms with Gasteiger partial charge in [0.1, 0.15) is 6.33 Å². The third-order valence-electron chi connectivity index (χ3n) is 2.55. The lowest BCUT2D eigenvalue weighted by Crippen LogP contribution is -2.45. The van der Waals surface area contributed by atoms with Crippen molar-refractivity contribution in [3.05, 3.63) is 24.3 Å². The van der Waals surface area contributed by atoms with Gasteiger partial charge in [-0.15, -0.1) is 0 Å². The van der Waals surface area contributed by atoms with Crippen LogP contribution in [0.5, 0.6) is 0 Å². The smallest absolute Gasteiger partial charge is 0.257 e. The summed E-state index contributed by atoms with van der Waals surface area (Å²) < 4.78 is 0. The second kappa shape index (κ2) is 4.35. The third kappa shape index (κ3) is 2.30. The van der Waals surface area contributed by atoms with E-state index < -0.39 is 0 Å². The summed E-state index contributed by atoms with van der Waals surface area (Å²) >= 11 is 0. The van der Waals surface area contributed by atoms with Crippen LogP contribution in [0.4, 0.5) is 0 Å². The van der Waals surface area contributed by atoms with E-state index >= 15 is 0 Å². The van der Waals surface area contributed by atoms with Crippen molar-refractivity contribution in [3.8, 4) is 0 Å². The number of nitrogens with two attached hydrogens (primary N) is 1. The molecule has 1 fully saturated rings. The summed E-state index contributed by atoms with van der Waals surface area (Å²) in [6.45, 7) is 1.41. The van der Waals surface area contributed by atoms with Gasteiger partial charge < -0.3 is 10.6 Å². The quantitative estimate of drug-likeness (QED) is 0.704. The molecule has 1 aromatic rings. The topological polar surface area (TPSA) is 72.1 Å². The van der Waals surface area contributed by atoms with Gasteiger partial charge in [0.05, 0.1) is 5.56 Å². The Hall–Kier alpha value is -1.49. The number of hydrogen-bond acceptors (Lipinski definition) is 4. The second-order valence-corrected chi connectivity index (χ2v) is 3.78. The maximum Gasteiger partial charge on any atom is 0.257 e. The van der Waals surface area contributed by atoms with E-state index in [0.717, 1.165) is 19.4 Å². The van der Waals surface area contributed by atoms with Crippen molar-refractivity contribution in [3.63, 3.8) is 0 Å². The first-order chi connectivity index (χ1) is 7.27. The van der Waals surface area contributed by atoms with Gasteiger partial charge in [-0.25, -0.2) is 9.97 Å². The van der Waals surface area contributed by atoms with Crippen LogP contribution >= 0.6 is 0 Å². The largest absolute Gasteiger partial charge is 0.337 e. The minimum atomic E-state index is -0.0225. The lowest BCUT2D eigenvalue weighted by atomic mass is 10.1. The van der Waals surface area contributed by atoms with Crippen LogP contribution in [-0.4, -0.2) is 39.9 Å². The zero-order valence-corrected chi connectivity index (χ0v) is 8.47. The zero-order chi connectivity index (χ0) is 10.7. The lowest BCUT2D eigenvalue weighted by molar-refractivity contribution is 0.0708. The van der Waals surface area contributed by atoms with Gasteiger partial charge >= 0.3 is 0 Å². The van der Waals surface area contributed by atoms with Crippen LogP contribution in [0.3, 0.4) is 0 Å². The number of carbonyl (C=O) groups is 1. The molecule has 5 heteroatoms. The molecular formula is C10H14N4O. The summed E-state index contributed by atoms with van der Waals surface area (Å²) in [5.74, 6) is -0.0225. The number of rotatable bonds is 1. The van der Waals surface area contributed by atoms with E-state index in [0.29, 0.717) is 12.1 Å². The third-order valence-corrected chi connectivity index (χ3v) is 2.55. The van der Waals surface area contributed by atoms with Crippen molar-refractivity contribution in [1.29, 1.82) is 0 Å². The summed E-state index contributed by atoms with van der Waals surface area (Å²) in [5, 5.41) is 0. The molecule has 0 aliphatic carbocycles. The van der Waals surface area contributed by atoms with E-state index in [4.69, 9.17) is 5.73 Å². The van der Waals surface area contributed by atoms with Crippen molar-refractivity contribution in [1.82, 2.24) is 14.9 Å². The Bertz CT molecular complexity index is 341. The molecule has 15 heavy (non-hydrogen) atoms. The number of nitrogens with zero attached hydrogens (tertiary/aromatic N) is 3. The molecule has 2 heterocycles. The van der Waals surface area contributed by atoms with Crippen molar-refractivity contribution in [2.45, 2.75) is 18.9 Å². The highest BCUT2D eigenvalue weighted by molar-refractivity contribution is 5.93. The van der Waals surface area contributed by atoms with E-state index in [9.17, 15) is 4.79 Å². The number of amides is 1. The highest BCUT2D eigenvalue weighted by Gasteiger charge is 2.22. The zero-order valence-electron chi connectivity index (χ0n) is 8.47. The second-order valence-electron chi connectivity index (χ2n) is 3.78. The van der Waals surface area contributed by atoms with Crippen molar-refractivity contribution < 1.29 is 4.79 Å². The molecule has 80 valence electrons.